The number of nitrogens with one attached hydrogen (secondary N) is 1. The number of amides is 1. The third-order valence-electron chi connectivity index (χ3n) is 4.20. The topological polar surface area (TPSA) is 55.1 Å². The van der Waals surface area contributed by atoms with Crippen LogP contribution in [0.25, 0.3) is 0 Å². The van der Waals surface area contributed by atoms with Gasteiger partial charge in [0.25, 0.3) is 0 Å². The highest BCUT2D eigenvalue weighted by Crippen LogP contribution is 2.24. The van der Waals surface area contributed by atoms with Crippen LogP contribution in [-0.4, -0.2) is 24.0 Å². The SMILES string of the molecule is CSCC[C@H](N)C(=O)NC(C)c1ccc2c(c1)CCCC2.Cl. The van der Waals surface area contributed by atoms with Crippen LogP contribution in [0.3, 0.4) is 0 Å². The van der Waals surface area contributed by atoms with Crippen LogP contribution >= 0.6 is 24.2 Å². The molecule has 0 aromatic heterocycles. The molecule has 2 atom stereocenters. The van der Waals surface area contributed by atoms with E-state index in [0.717, 1.165) is 18.6 Å². The lowest BCUT2D eigenvalue weighted by Crippen LogP contribution is -2.42. The van der Waals surface area contributed by atoms with Crippen molar-refractivity contribution in [1.82, 2.24) is 5.32 Å². The van der Waals surface area contributed by atoms with Gasteiger partial charge in [0, 0.05) is 0 Å². The smallest absolute Gasteiger partial charge is 0.237 e. The van der Waals surface area contributed by atoms with Gasteiger partial charge in [0.1, 0.15) is 0 Å². The van der Waals surface area contributed by atoms with Crippen LogP contribution < -0.4 is 11.1 Å². The minimum Gasteiger partial charge on any atom is -0.348 e. The van der Waals surface area contributed by atoms with Crippen LogP contribution in [0.4, 0.5) is 0 Å². The zero-order valence-electron chi connectivity index (χ0n) is 13.4. The number of halogens is 1. The Morgan fingerprint density at radius 2 is 2.00 bits per heavy atom. The van der Waals surface area contributed by atoms with E-state index in [1.807, 2.05) is 13.2 Å². The molecule has 0 saturated carbocycles. The van der Waals surface area contributed by atoms with Gasteiger partial charge in [-0.25, -0.2) is 0 Å². The first-order chi connectivity index (χ1) is 10.1. The molecule has 0 heterocycles. The summed E-state index contributed by atoms with van der Waals surface area (Å²) in [5.74, 6) is 0.871. The van der Waals surface area contributed by atoms with Gasteiger partial charge in [-0.05, 0) is 67.7 Å². The molecule has 1 amide bonds. The molecule has 22 heavy (non-hydrogen) atoms. The fraction of sp³-hybridized carbons (Fsp3) is 0.588. The molecular formula is C17H27ClN2OS. The van der Waals surface area contributed by atoms with E-state index in [-0.39, 0.29) is 24.4 Å². The summed E-state index contributed by atoms with van der Waals surface area (Å²) in [5, 5.41) is 3.04. The van der Waals surface area contributed by atoms with Crippen LogP contribution in [0.5, 0.6) is 0 Å². The normalized spacial score (nSPS) is 16.1. The average Bonchev–Trinajstić information content (AvgIpc) is 2.51. The van der Waals surface area contributed by atoms with Gasteiger partial charge in [0.2, 0.25) is 5.91 Å². The summed E-state index contributed by atoms with van der Waals surface area (Å²) in [7, 11) is 0. The number of fused-ring (bicyclic) bond motifs is 1. The summed E-state index contributed by atoms with van der Waals surface area (Å²) in [6.45, 7) is 2.03. The Kier molecular flexibility index (Phi) is 8.29. The van der Waals surface area contributed by atoms with Gasteiger partial charge in [0.05, 0.1) is 12.1 Å². The molecule has 3 nitrogen and oxygen atoms in total. The molecule has 0 fully saturated rings. The molecule has 0 aliphatic heterocycles. The standard InChI is InChI=1S/C17H26N2OS.ClH/c1-12(19-17(20)16(18)9-10-21-2)14-8-7-13-5-3-4-6-15(13)11-14;/h7-8,11-12,16H,3-6,9-10,18H2,1-2H3,(H,19,20);1H/t12?,16-;/m0./s1. The Balaban J connectivity index is 0.00000242. The van der Waals surface area contributed by atoms with E-state index in [4.69, 9.17) is 5.73 Å². The highest BCUT2D eigenvalue weighted by atomic mass is 35.5. The maximum absolute atomic E-state index is 12.1. The Labute approximate surface area is 144 Å². The number of nitrogens with two attached hydrogens (primary N) is 1. The summed E-state index contributed by atoms with van der Waals surface area (Å²) in [4.78, 5) is 12.1. The van der Waals surface area contributed by atoms with Crippen molar-refractivity contribution in [2.75, 3.05) is 12.0 Å². The van der Waals surface area contributed by atoms with Crippen molar-refractivity contribution in [3.63, 3.8) is 0 Å². The van der Waals surface area contributed by atoms with Gasteiger partial charge in [0.15, 0.2) is 0 Å². The molecule has 0 radical (unpaired) electrons. The third-order valence-corrected chi connectivity index (χ3v) is 4.85. The van der Waals surface area contributed by atoms with Crippen molar-refractivity contribution in [2.24, 2.45) is 5.73 Å². The summed E-state index contributed by atoms with van der Waals surface area (Å²) in [5.41, 5.74) is 10.0. The molecule has 1 aliphatic carbocycles. The predicted molar refractivity (Wildman–Crippen MR) is 97.9 cm³/mol. The molecule has 0 saturated heterocycles. The number of rotatable bonds is 6. The Bertz CT molecular complexity index is 496. The fourth-order valence-corrected chi connectivity index (χ4v) is 3.29. The first-order valence-corrected chi connectivity index (χ1v) is 9.17. The second-order valence-corrected chi connectivity index (χ2v) is 6.84. The monoisotopic (exact) mass is 342 g/mol. The zero-order valence-corrected chi connectivity index (χ0v) is 15.1. The van der Waals surface area contributed by atoms with E-state index in [1.165, 1.54) is 36.0 Å². The van der Waals surface area contributed by atoms with E-state index >= 15 is 0 Å². The number of carbonyl (C=O) groups excluding carboxylic acids is 1. The van der Waals surface area contributed by atoms with E-state index in [9.17, 15) is 4.79 Å². The number of aryl methyl sites for hydroxylation is 2. The van der Waals surface area contributed by atoms with Gasteiger partial charge in [-0.15, -0.1) is 12.4 Å². The first-order valence-electron chi connectivity index (χ1n) is 7.78. The van der Waals surface area contributed by atoms with Crippen LogP contribution in [-0.2, 0) is 17.6 Å². The summed E-state index contributed by atoms with van der Waals surface area (Å²) in [6, 6.07) is 6.23. The Hall–Kier alpha value is -0.710. The third kappa shape index (κ3) is 5.18. The number of carbonyl (C=O) groups is 1. The number of thioether (sulfide) groups is 1. The van der Waals surface area contributed by atoms with Crippen LogP contribution in [0.1, 0.15) is 48.9 Å². The highest BCUT2D eigenvalue weighted by molar-refractivity contribution is 7.98. The number of benzene rings is 1. The minimum atomic E-state index is -0.405. The van der Waals surface area contributed by atoms with E-state index < -0.39 is 6.04 Å². The summed E-state index contributed by atoms with van der Waals surface area (Å²) in [6.07, 6.45) is 7.68. The van der Waals surface area contributed by atoms with Gasteiger partial charge < -0.3 is 11.1 Å². The maximum Gasteiger partial charge on any atom is 0.237 e. The van der Waals surface area contributed by atoms with Gasteiger partial charge in [-0.2, -0.15) is 11.8 Å². The van der Waals surface area contributed by atoms with Crippen molar-refractivity contribution in [3.8, 4) is 0 Å². The molecular weight excluding hydrogens is 316 g/mol. The van der Waals surface area contributed by atoms with E-state index in [2.05, 4.69) is 23.5 Å². The maximum atomic E-state index is 12.1. The fourth-order valence-electron chi connectivity index (χ4n) is 2.80. The molecule has 5 heteroatoms. The van der Waals surface area contributed by atoms with Gasteiger partial charge in [-0.1, -0.05) is 18.2 Å². The molecule has 1 aliphatic rings. The average molecular weight is 343 g/mol. The molecule has 0 spiro atoms. The number of hydrogen-bond donors (Lipinski definition) is 2. The lowest BCUT2D eigenvalue weighted by atomic mass is 9.89. The molecule has 3 N–H and O–H groups in total. The molecule has 124 valence electrons. The van der Waals surface area contributed by atoms with Crippen molar-refractivity contribution in [1.29, 1.82) is 0 Å². The van der Waals surface area contributed by atoms with Crippen molar-refractivity contribution in [2.45, 2.75) is 51.1 Å². The van der Waals surface area contributed by atoms with Crippen molar-refractivity contribution >= 4 is 30.1 Å². The second kappa shape index (κ2) is 9.43. The molecule has 1 aromatic carbocycles. The van der Waals surface area contributed by atoms with Gasteiger partial charge in [-0.3, -0.25) is 4.79 Å². The van der Waals surface area contributed by atoms with E-state index in [1.54, 1.807) is 11.8 Å². The largest absolute Gasteiger partial charge is 0.348 e. The minimum absolute atomic E-state index is 0. The lowest BCUT2D eigenvalue weighted by molar-refractivity contribution is -0.123. The highest BCUT2D eigenvalue weighted by Gasteiger charge is 2.17. The number of hydrogen-bond acceptors (Lipinski definition) is 3. The molecule has 2 rings (SSSR count). The van der Waals surface area contributed by atoms with Crippen LogP contribution in [0.15, 0.2) is 18.2 Å². The lowest BCUT2D eigenvalue weighted by Gasteiger charge is -2.21. The Morgan fingerprint density at radius 1 is 1.32 bits per heavy atom. The Morgan fingerprint density at radius 3 is 2.68 bits per heavy atom. The summed E-state index contributed by atoms with van der Waals surface area (Å²) < 4.78 is 0. The second-order valence-electron chi connectivity index (χ2n) is 5.85. The quantitative estimate of drug-likeness (QED) is 0.834. The molecule has 0 bridgehead atoms. The van der Waals surface area contributed by atoms with E-state index in [0.29, 0.717) is 0 Å². The van der Waals surface area contributed by atoms with Crippen LogP contribution in [0, 0.1) is 0 Å². The van der Waals surface area contributed by atoms with Gasteiger partial charge >= 0.3 is 0 Å². The first kappa shape index (κ1) is 19.3. The molecule has 1 unspecified atom stereocenters. The van der Waals surface area contributed by atoms with Crippen molar-refractivity contribution in [3.05, 3.63) is 34.9 Å². The van der Waals surface area contributed by atoms with Crippen LogP contribution in [0.2, 0.25) is 0 Å². The zero-order chi connectivity index (χ0) is 15.2. The van der Waals surface area contributed by atoms with Crippen molar-refractivity contribution < 1.29 is 4.79 Å². The molecule has 1 aromatic rings. The summed E-state index contributed by atoms with van der Waals surface area (Å²) >= 11 is 1.72. The predicted octanol–water partition coefficient (Wildman–Crippen LogP) is 3.24.